The van der Waals surface area contributed by atoms with Crippen LogP contribution >= 0.6 is 23.4 Å². The Kier molecular flexibility index (Phi) is 4.72. The predicted molar refractivity (Wildman–Crippen MR) is 76.1 cm³/mol. The number of anilines is 1. The summed E-state index contributed by atoms with van der Waals surface area (Å²) in [6.45, 7) is 0.683. The zero-order valence-electron chi connectivity index (χ0n) is 9.99. The van der Waals surface area contributed by atoms with E-state index in [1.54, 1.807) is 0 Å². The van der Waals surface area contributed by atoms with E-state index in [0.717, 1.165) is 6.42 Å². The first-order valence-corrected chi connectivity index (χ1v) is 7.40. The average Bonchev–Trinajstić information content (AvgIpc) is 2.40. The third-order valence-corrected chi connectivity index (χ3v) is 4.52. The number of aromatic nitrogens is 1. The molecule has 1 amide bonds. The van der Waals surface area contributed by atoms with Crippen LogP contribution in [0.5, 0.6) is 0 Å². The molecule has 1 aliphatic rings. The topological polar surface area (TPSA) is 68.0 Å². The van der Waals surface area contributed by atoms with Crippen molar-refractivity contribution in [2.45, 2.75) is 24.5 Å². The van der Waals surface area contributed by atoms with Crippen molar-refractivity contribution in [3.8, 4) is 0 Å². The molecule has 1 fully saturated rings. The Labute approximate surface area is 116 Å². The quantitative estimate of drug-likeness (QED) is 0.837. The number of rotatable bonds is 3. The number of halogens is 1. The molecule has 98 valence electrons. The largest absolute Gasteiger partial charge is 0.397 e. The maximum absolute atomic E-state index is 12.0. The van der Waals surface area contributed by atoms with Crippen molar-refractivity contribution in [3.05, 3.63) is 23.0 Å². The molecule has 0 saturated carbocycles. The van der Waals surface area contributed by atoms with Crippen molar-refractivity contribution < 1.29 is 4.79 Å². The van der Waals surface area contributed by atoms with Gasteiger partial charge in [0.05, 0.1) is 17.4 Å². The number of hydrogen-bond acceptors (Lipinski definition) is 4. The SMILES string of the molecule is Nc1cnc(Cl)cc1C(=O)NCC1CCCCS1. The summed E-state index contributed by atoms with van der Waals surface area (Å²) in [5, 5.41) is 3.70. The number of thioether (sulfide) groups is 1. The number of amides is 1. The van der Waals surface area contributed by atoms with Crippen LogP contribution < -0.4 is 11.1 Å². The van der Waals surface area contributed by atoms with Gasteiger partial charge in [0.1, 0.15) is 5.15 Å². The van der Waals surface area contributed by atoms with Gasteiger partial charge in [-0.2, -0.15) is 11.8 Å². The van der Waals surface area contributed by atoms with E-state index in [2.05, 4.69) is 10.3 Å². The molecular formula is C12H16ClN3OS. The van der Waals surface area contributed by atoms with Gasteiger partial charge >= 0.3 is 0 Å². The maximum atomic E-state index is 12.0. The number of nitrogens with one attached hydrogen (secondary N) is 1. The third kappa shape index (κ3) is 3.53. The fourth-order valence-electron chi connectivity index (χ4n) is 1.91. The first-order chi connectivity index (χ1) is 8.66. The van der Waals surface area contributed by atoms with Crippen LogP contribution in [0, 0.1) is 0 Å². The van der Waals surface area contributed by atoms with E-state index in [9.17, 15) is 4.79 Å². The molecule has 0 bridgehead atoms. The summed E-state index contributed by atoms with van der Waals surface area (Å²) in [5.74, 6) is 1.01. The Bertz CT molecular complexity index is 435. The number of nitrogens with two attached hydrogens (primary N) is 1. The fourth-order valence-corrected chi connectivity index (χ4v) is 3.30. The van der Waals surface area contributed by atoms with Gasteiger partial charge in [0.2, 0.25) is 0 Å². The van der Waals surface area contributed by atoms with E-state index in [1.807, 2.05) is 11.8 Å². The molecule has 3 N–H and O–H groups in total. The van der Waals surface area contributed by atoms with Gasteiger partial charge in [-0.25, -0.2) is 4.98 Å². The lowest BCUT2D eigenvalue weighted by atomic mass is 10.1. The van der Waals surface area contributed by atoms with Crippen LogP contribution in [0.1, 0.15) is 29.6 Å². The molecule has 18 heavy (non-hydrogen) atoms. The lowest BCUT2D eigenvalue weighted by Gasteiger charge is -2.21. The van der Waals surface area contributed by atoms with Gasteiger partial charge in [-0.05, 0) is 24.7 Å². The Morgan fingerprint density at radius 2 is 2.44 bits per heavy atom. The zero-order valence-corrected chi connectivity index (χ0v) is 11.6. The lowest BCUT2D eigenvalue weighted by molar-refractivity contribution is 0.0954. The highest BCUT2D eigenvalue weighted by Gasteiger charge is 2.16. The molecule has 0 radical (unpaired) electrons. The molecule has 1 atom stereocenters. The van der Waals surface area contributed by atoms with E-state index in [1.165, 1.54) is 30.9 Å². The van der Waals surface area contributed by atoms with Crippen molar-refractivity contribution in [1.82, 2.24) is 10.3 Å². The number of hydrogen-bond donors (Lipinski definition) is 2. The number of nitrogen functional groups attached to an aromatic ring is 1. The number of carbonyl (C=O) groups is 1. The molecule has 0 spiro atoms. The van der Waals surface area contributed by atoms with E-state index in [0.29, 0.717) is 23.0 Å². The molecule has 6 heteroatoms. The number of carbonyl (C=O) groups excluding carboxylic acids is 1. The van der Waals surface area contributed by atoms with E-state index in [4.69, 9.17) is 17.3 Å². The summed E-state index contributed by atoms with van der Waals surface area (Å²) in [6, 6.07) is 1.50. The minimum atomic E-state index is -0.178. The predicted octanol–water partition coefficient (Wildman–Crippen LogP) is 2.33. The molecule has 1 aromatic rings. The first-order valence-electron chi connectivity index (χ1n) is 5.97. The molecular weight excluding hydrogens is 270 g/mol. The first kappa shape index (κ1) is 13.5. The summed E-state index contributed by atoms with van der Waals surface area (Å²) in [4.78, 5) is 15.8. The van der Waals surface area contributed by atoms with Crippen LogP contribution in [-0.2, 0) is 0 Å². The van der Waals surface area contributed by atoms with Crippen molar-refractivity contribution >= 4 is 35.0 Å². The normalized spacial score (nSPS) is 19.5. The van der Waals surface area contributed by atoms with Gasteiger partial charge in [0.15, 0.2) is 0 Å². The van der Waals surface area contributed by atoms with Gasteiger partial charge < -0.3 is 11.1 Å². The van der Waals surface area contributed by atoms with Crippen molar-refractivity contribution in [2.24, 2.45) is 0 Å². The fraction of sp³-hybridized carbons (Fsp3) is 0.500. The molecule has 0 aromatic carbocycles. The number of nitrogens with zero attached hydrogens (tertiary/aromatic N) is 1. The molecule has 4 nitrogen and oxygen atoms in total. The highest BCUT2D eigenvalue weighted by molar-refractivity contribution is 7.99. The lowest BCUT2D eigenvalue weighted by Crippen LogP contribution is -2.32. The standard InChI is InChI=1S/C12H16ClN3OS/c13-11-5-9(10(14)7-15-11)12(17)16-6-8-3-1-2-4-18-8/h5,7-8H,1-4,6,14H2,(H,16,17). The van der Waals surface area contributed by atoms with Crippen molar-refractivity contribution in [2.75, 3.05) is 18.0 Å². The highest BCUT2D eigenvalue weighted by atomic mass is 35.5. The summed E-state index contributed by atoms with van der Waals surface area (Å²) in [7, 11) is 0. The van der Waals surface area contributed by atoms with Crippen LogP contribution in [0.15, 0.2) is 12.3 Å². The highest BCUT2D eigenvalue weighted by Crippen LogP contribution is 2.24. The summed E-state index contributed by atoms with van der Waals surface area (Å²) < 4.78 is 0. The van der Waals surface area contributed by atoms with Crippen molar-refractivity contribution in [3.63, 3.8) is 0 Å². The molecule has 2 heterocycles. The minimum absolute atomic E-state index is 0.178. The molecule has 0 aliphatic carbocycles. The van der Waals surface area contributed by atoms with E-state index < -0.39 is 0 Å². The maximum Gasteiger partial charge on any atom is 0.253 e. The summed E-state index contributed by atoms with van der Waals surface area (Å²) >= 11 is 7.68. The van der Waals surface area contributed by atoms with Crippen LogP contribution in [-0.4, -0.2) is 28.4 Å². The average molecular weight is 286 g/mol. The van der Waals surface area contributed by atoms with E-state index in [-0.39, 0.29) is 11.1 Å². The Hall–Kier alpha value is -0.940. The summed E-state index contributed by atoms with van der Waals surface area (Å²) in [5.41, 5.74) is 6.47. The van der Waals surface area contributed by atoms with Gasteiger partial charge in [-0.3, -0.25) is 4.79 Å². The monoisotopic (exact) mass is 285 g/mol. The number of pyridine rings is 1. The Morgan fingerprint density at radius 3 is 3.17 bits per heavy atom. The van der Waals surface area contributed by atoms with Gasteiger partial charge in [-0.15, -0.1) is 0 Å². The van der Waals surface area contributed by atoms with Crippen molar-refractivity contribution in [1.29, 1.82) is 0 Å². The zero-order chi connectivity index (χ0) is 13.0. The van der Waals surface area contributed by atoms with Gasteiger partial charge in [0, 0.05) is 11.8 Å². The molecule has 1 unspecified atom stereocenters. The Balaban J connectivity index is 1.92. The van der Waals surface area contributed by atoms with E-state index >= 15 is 0 Å². The minimum Gasteiger partial charge on any atom is -0.397 e. The van der Waals surface area contributed by atoms with Crippen LogP contribution in [0.25, 0.3) is 0 Å². The Morgan fingerprint density at radius 1 is 1.61 bits per heavy atom. The molecule has 1 aliphatic heterocycles. The third-order valence-electron chi connectivity index (χ3n) is 2.91. The smallest absolute Gasteiger partial charge is 0.253 e. The summed E-state index contributed by atoms with van der Waals surface area (Å²) in [6.07, 6.45) is 5.10. The van der Waals surface area contributed by atoms with Crippen LogP contribution in [0.3, 0.4) is 0 Å². The van der Waals surface area contributed by atoms with Gasteiger partial charge in [-0.1, -0.05) is 18.0 Å². The molecule has 2 rings (SSSR count). The second-order valence-electron chi connectivity index (χ2n) is 4.29. The second-order valence-corrected chi connectivity index (χ2v) is 6.09. The van der Waals surface area contributed by atoms with Crippen LogP contribution in [0.2, 0.25) is 5.15 Å². The molecule has 1 aromatic heterocycles. The van der Waals surface area contributed by atoms with Crippen LogP contribution in [0.4, 0.5) is 5.69 Å². The molecule has 1 saturated heterocycles. The second kappa shape index (κ2) is 6.29. The van der Waals surface area contributed by atoms with Gasteiger partial charge in [0.25, 0.3) is 5.91 Å².